The second-order valence-electron chi connectivity index (χ2n) is 3.31. The molecule has 1 amide bonds. The van der Waals surface area contributed by atoms with Crippen molar-refractivity contribution in [2.24, 2.45) is 0 Å². The van der Waals surface area contributed by atoms with Crippen LogP contribution < -0.4 is 5.32 Å². The number of aliphatic hydroxyl groups is 1. The van der Waals surface area contributed by atoms with Crippen molar-refractivity contribution < 1.29 is 33.9 Å². The molecule has 0 spiro atoms. The van der Waals surface area contributed by atoms with Gasteiger partial charge >= 0.3 is 7.82 Å². The Morgan fingerprint density at radius 3 is 2.56 bits per heavy atom. The molecular weight excluding hydrogens is 265 g/mol. The highest BCUT2D eigenvalue weighted by molar-refractivity contribution is 7.46. The van der Waals surface area contributed by atoms with E-state index in [4.69, 9.17) is 9.79 Å². The molecule has 8 nitrogen and oxygen atoms in total. The normalized spacial score (nSPS) is 13.1. The Balaban J connectivity index is 2.55. The minimum absolute atomic E-state index is 0.0673. The van der Waals surface area contributed by atoms with Gasteiger partial charge in [-0.3, -0.25) is 9.32 Å². The van der Waals surface area contributed by atoms with Crippen molar-refractivity contribution in [1.29, 1.82) is 0 Å². The summed E-state index contributed by atoms with van der Waals surface area (Å²) in [5.41, 5.74) is 0.0673. The number of phosphoric acid groups is 1. The Bertz CT molecular complexity index is 472. The van der Waals surface area contributed by atoms with E-state index in [9.17, 15) is 19.6 Å². The number of aromatic hydroxyl groups is 1. The first-order chi connectivity index (χ1) is 8.29. The summed E-state index contributed by atoms with van der Waals surface area (Å²) in [4.78, 5) is 28.2. The molecule has 0 bridgehead atoms. The van der Waals surface area contributed by atoms with Crippen molar-refractivity contribution >= 4 is 19.4 Å². The number of carbonyl (C=O) groups excluding carboxylic acids is 1. The second-order valence-corrected chi connectivity index (χ2v) is 4.55. The van der Waals surface area contributed by atoms with Gasteiger partial charge in [-0.1, -0.05) is 12.1 Å². The van der Waals surface area contributed by atoms with Gasteiger partial charge in [-0.2, -0.15) is 0 Å². The average molecular weight is 277 g/mol. The number of anilines is 1. The number of phosphoric ester groups is 1. The lowest BCUT2D eigenvalue weighted by Crippen LogP contribution is -2.31. The molecule has 1 rings (SSSR count). The molecular formula is C9H12NO7P. The SMILES string of the molecule is O=C(Nc1ccccc1O)[C@H](O)COP(=O)(O)O. The molecule has 100 valence electrons. The van der Waals surface area contributed by atoms with Crippen LogP contribution in [0.3, 0.4) is 0 Å². The summed E-state index contributed by atoms with van der Waals surface area (Å²) in [5.74, 6) is -1.15. The van der Waals surface area contributed by atoms with Crippen LogP contribution in [0.25, 0.3) is 0 Å². The van der Waals surface area contributed by atoms with Crippen LogP contribution in [0.5, 0.6) is 5.75 Å². The topological polar surface area (TPSA) is 136 Å². The molecule has 0 aromatic heterocycles. The fourth-order valence-corrected chi connectivity index (χ4v) is 1.37. The smallest absolute Gasteiger partial charge is 0.469 e. The van der Waals surface area contributed by atoms with Crippen LogP contribution in [0.2, 0.25) is 0 Å². The van der Waals surface area contributed by atoms with Crippen LogP contribution in [0, 0.1) is 0 Å². The minimum Gasteiger partial charge on any atom is -0.506 e. The van der Waals surface area contributed by atoms with Gasteiger partial charge in [0.25, 0.3) is 5.91 Å². The Hall–Kier alpha value is -1.44. The van der Waals surface area contributed by atoms with Crippen molar-refractivity contribution in [3.05, 3.63) is 24.3 Å². The van der Waals surface area contributed by atoms with Gasteiger partial charge in [0.05, 0.1) is 12.3 Å². The number of rotatable bonds is 5. The number of phenols is 1. The molecule has 0 unspecified atom stereocenters. The highest BCUT2D eigenvalue weighted by Crippen LogP contribution is 2.35. The molecule has 0 radical (unpaired) electrons. The molecule has 5 N–H and O–H groups in total. The fraction of sp³-hybridized carbons (Fsp3) is 0.222. The van der Waals surface area contributed by atoms with Gasteiger partial charge in [0.2, 0.25) is 0 Å². The molecule has 9 heteroatoms. The van der Waals surface area contributed by atoms with Crippen molar-refractivity contribution in [2.75, 3.05) is 11.9 Å². The predicted octanol–water partition coefficient (Wildman–Crippen LogP) is -0.199. The quantitative estimate of drug-likeness (QED) is 0.371. The molecule has 1 atom stereocenters. The van der Waals surface area contributed by atoms with Crippen LogP contribution in [0.4, 0.5) is 5.69 Å². The van der Waals surface area contributed by atoms with E-state index in [-0.39, 0.29) is 11.4 Å². The number of hydrogen-bond acceptors (Lipinski definition) is 5. The third-order valence-electron chi connectivity index (χ3n) is 1.87. The van der Waals surface area contributed by atoms with Gasteiger partial charge in [0.15, 0.2) is 6.10 Å². The zero-order valence-electron chi connectivity index (χ0n) is 9.05. The van der Waals surface area contributed by atoms with Crippen molar-refractivity contribution in [3.63, 3.8) is 0 Å². The van der Waals surface area contributed by atoms with E-state index >= 15 is 0 Å². The van der Waals surface area contributed by atoms with Crippen molar-refractivity contribution in [2.45, 2.75) is 6.10 Å². The number of benzene rings is 1. The summed E-state index contributed by atoms with van der Waals surface area (Å²) < 4.78 is 14.3. The number of aliphatic hydroxyl groups excluding tert-OH is 1. The molecule has 1 aromatic rings. The lowest BCUT2D eigenvalue weighted by Gasteiger charge is -2.12. The number of phenolic OH excluding ortho intramolecular Hbond substituents is 1. The van der Waals surface area contributed by atoms with E-state index in [1.54, 1.807) is 6.07 Å². The van der Waals surface area contributed by atoms with Crippen LogP contribution in [0.15, 0.2) is 24.3 Å². The standard InChI is InChI=1S/C9H12NO7P/c11-7-4-2-1-3-6(7)10-9(13)8(12)5-17-18(14,15)16/h1-4,8,11-12H,5H2,(H,10,13)(H2,14,15,16)/t8-/m1/s1. The summed E-state index contributed by atoms with van der Waals surface area (Å²) in [6.45, 7) is -0.857. The Morgan fingerprint density at radius 1 is 1.39 bits per heavy atom. The van der Waals surface area contributed by atoms with Gasteiger partial charge < -0.3 is 25.3 Å². The maximum absolute atomic E-state index is 11.4. The molecule has 0 aliphatic carbocycles. The van der Waals surface area contributed by atoms with Gasteiger partial charge in [0, 0.05) is 0 Å². The molecule has 0 saturated heterocycles. The number of nitrogens with one attached hydrogen (secondary N) is 1. The molecule has 0 fully saturated rings. The predicted molar refractivity (Wildman–Crippen MR) is 60.7 cm³/mol. The van der Waals surface area contributed by atoms with Crippen LogP contribution >= 0.6 is 7.82 Å². The average Bonchev–Trinajstić information content (AvgIpc) is 2.28. The Labute approximate surface area is 102 Å². The monoisotopic (exact) mass is 277 g/mol. The highest BCUT2D eigenvalue weighted by Gasteiger charge is 2.22. The number of hydrogen-bond donors (Lipinski definition) is 5. The third kappa shape index (κ3) is 4.82. The zero-order valence-corrected chi connectivity index (χ0v) is 9.95. The molecule has 18 heavy (non-hydrogen) atoms. The summed E-state index contributed by atoms with van der Waals surface area (Å²) in [6, 6.07) is 5.81. The van der Waals surface area contributed by atoms with E-state index < -0.39 is 26.4 Å². The highest BCUT2D eigenvalue weighted by atomic mass is 31.2. The molecule has 0 saturated carbocycles. The number of amides is 1. The van der Waals surface area contributed by atoms with Crippen molar-refractivity contribution in [1.82, 2.24) is 0 Å². The molecule has 1 aromatic carbocycles. The lowest BCUT2D eigenvalue weighted by molar-refractivity contribution is -0.125. The van der Waals surface area contributed by atoms with Crippen LogP contribution in [0.1, 0.15) is 0 Å². The number of carbonyl (C=O) groups is 1. The Kier molecular flexibility index (Phi) is 4.83. The largest absolute Gasteiger partial charge is 0.506 e. The molecule has 0 aliphatic heterocycles. The first-order valence-corrected chi connectivity index (χ1v) is 6.29. The lowest BCUT2D eigenvalue weighted by atomic mass is 10.2. The summed E-state index contributed by atoms with van der Waals surface area (Å²) in [6.07, 6.45) is -1.77. The first kappa shape index (κ1) is 14.6. The van der Waals surface area contributed by atoms with E-state index in [1.165, 1.54) is 18.2 Å². The fourth-order valence-electron chi connectivity index (χ4n) is 1.04. The van der Waals surface area contributed by atoms with Gasteiger partial charge in [0.1, 0.15) is 5.75 Å². The number of para-hydroxylation sites is 2. The maximum atomic E-state index is 11.4. The van der Waals surface area contributed by atoms with Crippen LogP contribution in [-0.4, -0.2) is 38.6 Å². The summed E-state index contributed by atoms with van der Waals surface area (Å²) >= 11 is 0. The van der Waals surface area contributed by atoms with E-state index in [0.29, 0.717) is 0 Å². The third-order valence-corrected chi connectivity index (χ3v) is 2.35. The van der Waals surface area contributed by atoms with E-state index in [2.05, 4.69) is 9.84 Å². The zero-order chi connectivity index (χ0) is 13.8. The van der Waals surface area contributed by atoms with Gasteiger partial charge in [-0.15, -0.1) is 0 Å². The van der Waals surface area contributed by atoms with Crippen molar-refractivity contribution in [3.8, 4) is 5.75 Å². The van der Waals surface area contributed by atoms with E-state index in [1.807, 2.05) is 0 Å². The minimum atomic E-state index is -4.74. The van der Waals surface area contributed by atoms with Crippen LogP contribution in [-0.2, 0) is 13.9 Å². The molecule has 0 aliphatic rings. The second kappa shape index (κ2) is 5.94. The molecule has 0 heterocycles. The van der Waals surface area contributed by atoms with Gasteiger partial charge in [-0.05, 0) is 12.1 Å². The van der Waals surface area contributed by atoms with Gasteiger partial charge in [-0.25, -0.2) is 4.57 Å². The summed E-state index contributed by atoms with van der Waals surface area (Å²) in [5, 5.41) is 20.8. The van der Waals surface area contributed by atoms with E-state index in [0.717, 1.165) is 0 Å². The maximum Gasteiger partial charge on any atom is 0.469 e. The first-order valence-electron chi connectivity index (χ1n) is 4.76. The Morgan fingerprint density at radius 2 is 2.00 bits per heavy atom. The summed E-state index contributed by atoms with van der Waals surface area (Å²) in [7, 11) is -4.74.